The summed E-state index contributed by atoms with van der Waals surface area (Å²) in [5, 5.41) is 0. The van der Waals surface area contributed by atoms with E-state index in [9.17, 15) is 4.79 Å². The normalized spacial score (nSPS) is 27.3. The maximum absolute atomic E-state index is 10.6. The van der Waals surface area contributed by atoms with Gasteiger partial charge in [0.2, 0.25) is 0 Å². The van der Waals surface area contributed by atoms with Crippen LogP contribution in [0.1, 0.15) is 90.4 Å². The summed E-state index contributed by atoms with van der Waals surface area (Å²) in [4.78, 5) is 10.6. The van der Waals surface area contributed by atoms with Gasteiger partial charge in [0.1, 0.15) is 6.29 Å². The smallest absolute Gasteiger partial charge is 0.122 e. The van der Waals surface area contributed by atoms with E-state index in [0.717, 1.165) is 44.0 Å². The first-order valence-corrected chi connectivity index (χ1v) is 9.84. The van der Waals surface area contributed by atoms with E-state index in [2.05, 4.69) is 0 Å². The lowest BCUT2D eigenvalue weighted by Crippen LogP contribution is -2.10. The molecule has 2 saturated carbocycles. The lowest BCUT2D eigenvalue weighted by Gasteiger charge is -2.14. The molecular formula is C20H36O2. The lowest BCUT2D eigenvalue weighted by atomic mass is 9.95. The number of ether oxygens (including phenoxy) is 1. The highest BCUT2D eigenvalue weighted by atomic mass is 16.5. The third kappa shape index (κ3) is 6.81. The molecule has 22 heavy (non-hydrogen) atoms. The minimum absolute atomic E-state index is 0.218. The van der Waals surface area contributed by atoms with E-state index in [1.54, 1.807) is 0 Å². The van der Waals surface area contributed by atoms with Crippen molar-refractivity contribution in [3.05, 3.63) is 0 Å². The minimum atomic E-state index is 0.218. The quantitative estimate of drug-likeness (QED) is 0.370. The molecule has 3 atom stereocenters. The molecule has 128 valence electrons. The van der Waals surface area contributed by atoms with Gasteiger partial charge in [-0.1, -0.05) is 58.3 Å². The summed E-state index contributed by atoms with van der Waals surface area (Å²) in [6, 6.07) is 0. The van der Waals surface area contributed by atoms with Gasteiger partial charge in [-0.25, -0.2) is 0 Å². The molecule has 2 fully saturated rings. The van der Waals surface area contributed by atoms with Crippen molar-refractivity contribution >= 4 is 6.29 Å². The molecule has 0 heterocycles. The summed E-state index contributed by atoms with van der Waals surface area (Å²) in [5.74, 6) is 2.21. The fourth-order valence-electron chi connectivity index (χ4n) is 4.32. The molecule has 3 unspecified atom stereocenters. The highest BCUT2D eigenvalue weighted by Crippen LogP contribution is 2.34. The van der Waals surface area contributed by atoms with Gasteiger partial charge in [-0.3, -0.25) is 0 Å². The monoisotopic (exact) mass is 308 g/mol. The van der Waals surface area contributed by atoms with Crippen molar-refractivity contribution in [1.82, 2.24) is 0 Å². The number of hydrogen-bond donors (Lipinski definition) is 0. The molecule has 2 nitrogen and oxygen atoms in total. The molecule has 0 aliphatic heterocycles. The molecule has 2 heteroatoms. The maximum Gasteiger partial charge on any atom is 0.122 e. The topological polar surface area (TPSA) is 26.3 Å². The molecule has 0 amide bonds. The second-order valence-corrected chi connectivity index (χ2v) is 7.86. The summed E-state index contributed by atoms with van der Waals surface area (Å²) in [6.07, 6.45) is 19.1. The summed E-state index contributed by atoms with van der Waals surface area (Å²) in [6.45, 7) is 2.89. The maximum atomic E-state index is 10.6. The van der Waals surface area contributed by atoms with Crippen molar-refractivity contribution in [2.24, 2.45) is 17.8 Å². The Balaban J connectivity index is 1.44. The van der Waals surface area contributed by atoms with Crippen molar-refractivity contribution in [2.45, 2.75) is 96.5 Å². The van der Waals surface area contributed by atoms with Crippen LogP contribution < -0.4 is 0 Å². The number of hydrogen-bond acceptors (Lipinski definition) is 2. The van der Waals surface area contributed by atoms with Gasteiger partial charge in [-0.05, 0) is 43.9 Å². The summed E-state index contributed by atoms with van der Waals surface area (Å²) >= 11 is 0. The second-order valence-electron chi connectivity index (χ2n) is 7.86. The first kappa shape index (κ1) is 18.0. The molecule has 2 rings (SSSR count). The summed E-state index contributed by atoms with van der Waals surface area (Å²) in [5.41, 5.74) is 0. The molecule has 0 aromatic heterocycles. The Morgan fingerprint density at radius 1 is 1.00 bits per heavy atom. The first-order chi connectivity index (χ1) is 10.8. The molecule has 2 aliphatic carbocycles. The predicted octanol–water partition coefficient (Wildman–Crippen LogP) is 5.54. The average molecular weight is 309 g/mol. The van der Waals surface area contributed by atoms with Crippen LogP contribution in [-0.4, -0.2) is 19.0 Å². The molecule has 0 radical (unpaired) electrons. The van der Waals surface area contributed by atoms with E-state index in [1.807, 2.05) is 6.92 Å². The van der Waals surface area contributed by atoms with Crippen molar-refractivity contribution in [2.75, 3.05) is 6.61 Å². The molecule has 0 bridgehead atoms. The number of rotatable bonds is 11. The van der Waals surface area contributed by atoms with E-state index < -0.39 is 0 Å². The number of carbonyl (C=O) groups is 1. The Bertz CT molecular complexity index is 296. The number of carbonyl (C=O) groups excluding carboxylic acids is 1. The summed E-state index contributed by atoms with van der Waals surface area (Å²) in [7, 11) is 0. The fraction of sp³-hybridized carbons (Fsp3) is 0.950. The van der Waals surface area contributed by atoms with E-state index in [-0.39, 0.29) is 5.92 Å². The van der Waals surface area contributed by atoms with E-state index in [4.69, 9.17) is 4.74 Å². The van der Waals surface area contributed by atoms with Gasteiger partial charge in [-0.15, -0.1) is 0 Å². The van der Waals surface area contributed by atoms with Crippen LogP contribution in [0.2, 0.25) is 0 Å². The number of unbranched alkanes of at least 4 members (excludes halogenated alkanes) is 1. The molecule has 0 spiro atoms. The Hall–Kier alpha value is -0.370. The minimum Gasteiger partial charge on any atom is -0.378 e. The Morgan fingerprint density at radius 3 is 2.55 bits per heavy atom. The highest BCUT2D eigenvalue weighted by molar-refractivity contribution is 5.52. The lowest BCUT2D eigenvalue weighted by molar-refractivity contribution is -0.110. The fourth-order valence-corrected chi connectivity index (χ4v) is 4.32. The van der Waals surface area contributed by atoms with Crippen LogP contribution in [-0.2, 0) is 9.53 Å². The SMILES string of the molecule is CC(C=O)CCCCOC1CCC(CCCC2CCCC2)C1. The summed E-state index contributed by atoms with van der Waals surface area (Å²) < 4.78 is 6.04. The zero-order chi connectivity index (χ0) is 15.6. The van der Waals surface area contributed by atoms with Crippen LogP contribution in [0, 0.1) is 17.8 Å². The van der Waals surface area contributed by atoms with Gasteiger partial charge in [0, 0.05) is 12.5 Å². The zero-order valence-corrected chi connectivity index (χ0v) is 14.6. The third-order valence-electron chi connectivity index (χ3n) is 5.83. The van der Waals surface area contributed by atoms with Gasteiger partial charge >= 0.3 is 0 Å². The van der Waals surface area contributed by atoms with Crippen molar-refractivity contribution in [3.8, 4) is 0 Å². The average Bonchev–Trinajstić information content (AvgIpc) is 3.19. The molecule has 2 aliphatic rings. The molecule has 0 aromatic rings. The van der Waals surface area contributed by atoms with Crippen molar-refractivity contribution < 1.29 is 9.53 Å². The third-order valence-corrected chi connectivity index (χ3v) is 5.83. The Kier molecular flexibility index (Phi) is 8.51. The van der Waals surface area contributed by atoms with E-state index >= 15 is 0 Å². The van der Waals surface area contributed by atoms with Crippen LogP contribution in [0.25, 0.3) is 0 Å². The zero-order valence-electron chi connectivity index (χ0n) is 14.6. The van der Waals surface area contributed by atoms with Gasteiger partial charge in [0.25, 0.3) is 0 Å². The van der Waals surface area contributed by atoms with Crippen molar-refractivity contribution in [1.29, 1.82) is 0 Å². The molecule has 0 aromatic carbocycles. The molecule has 0 saturated heterocycles. The van der Waals surface area contributed by atoms with Gasteiger partial charge in [-0.2, -0.15) is 0 Å². The van der Waals surface area contributed by atoms with E-state index in [1.165, 1.54) is 64.2 Å². The standard InChI is InChI=1S/C20H36O2/c1-17(16-21)7-4-5-14-22-20-13-12-19(15-20)11-6-10-18-8-2-3-9-18/h16-20H,2-15H2,1H3. The highest BCUT2D eigenvalue weighted by Gasteiger charge is 2.25. The van der Waals surface area contributed by atoms with Crippen LogP contribution >= 0.6 is 0 Å². The molecule has 0 N–H and O–H groups in total. The predicted molar refractivity (Wildman–Crippen MR) is 92.0 cm³/mol. The van der Waals surface area contributed by atoms with Crippen LogP contribution in [0.3, 0.4) is 0 Å². The second kappa shape index (κ2) is 10.4. The largest absolute Gasteiger partial charge is 0.378 e. The van der Waals surface area contributed by atoms with Crippen LogP contribution in [0.4, 0.5) is 0 Å². The van der Waals surface area contributed by atoms with E-state index in [0.29, 0.717) is 6.10 Å². The molecular weight excluding hydrogens is 272 g/mol. The van der Waals surface area contributed by atoms with Gasteiger partial charge in [0.15, 0.2) is 0 Å². The Labute approximate surface area is 137 Å². The Morgan fingerprint density at radius 2 is 1.77 bits per heavy atom. The van der Waals surface area contributed by atoms with Gasteiger partial charge < -0.3 is 9.53 Å². The van der Waals surface area contributed by atoms with Gasteiger partial charge in [0.05, 0.1) is 6.10 Å². The van der Waals surface area contributed by atoms with Crippen LogP contribution in [0.15, 0.2) is 0 Å². The van der Waals surface area contributed by atoms with Crippen molar-refractivity contribution in [3.63, 3.8) is 0 Å². The number of aldehydes is 1. The first-order valence-electron chi connectivity index (χ1n) is 9.84. The van der Waals surface area contributed by atoms with Crippen LogP contribution in [0.5, 0.6) is 0 Å².